The number of hydrogen-bond donors (Lipinski definition) is 2. The van der Waals surface area contributed by atoms with Gasteiger partial charge in [-0.25, -0.2) is 0 Å². The summed E-state index contributed by atoms with van der Waals surface area (Å²) < 4.78 is 0. The van der Waals surface area contributed by atoms with Crippen LogP contribution in [0.25, 0.3) is 0 Å². The third-order valence-electron chi connectivity index (χ3n) is 2.22. The number of aromatic nitrogens is 1. The zero-order valence-electron chi connectivity index (χ0n) is 7.86. The van der Waals surface area contributed by atoms with Gasteiger partial charge in [-0.2, -0.15) is 0 Å². The fourth-order valence-corrected chi connectivity index (χ4v) is 1.53. The molecule has 1 atom stereocenters. The van der Waals surface area contributed by atoms with E-state index in [0.29, 0.717) is 6.42 Å². The fraction of sp³-hybridized carbons (Fsp3) is 0.222. The Hall–Kier alpha value is -1.85. The summed E-state index contributed by atoms with van der Waals surface area (Å²) in [6.45, 7) is 0. The summed E-state index contributed by atoms with van der Waals surface area (Å²) in [6, 6.07) is 1.10. The van der Waals surface area contributed by atoms with Crippen molar-refractivity contribution in [2.24, 2.45) is 0 Å². The van der Waals surface area contributed by atoms with E-state index in [1.165, 1.54) is 0 Å². The van der Waals surface area contributed by atoms with Crippen molar-refractivity contribution in [3.63, 3.8) is 0 Å². The first kappa shape index (κ1) is 9.70. The van der Waals surface area contributed by atoms with Crippen molar-refractivity contribution in [3.8, 4) is 0 Å². The van der Waals surface area contributed by atoms with Crippen LogP contribution in [0.4, 0.5) is 10.5 Å². The number of nitrogens with zero attached hydrogens (tertiary/aromatic N) is 1. The molecule has 0 aliphatic carbocycles. The van der Waals surface area contributed by atoms with E-state index < -0.39 is 11.8 Å². The molecule has 0 saturated carbocycles. The Kier molecular flexibility index (Phi) is 2.41. The topological polar surface area (TPSA) is 71.1 Å². The van der Waals surface area contributed by atoms with Gasteiger partial charge >= 0.3 is 0 Å². The molecule has 0 spiro atoms. The van der Waals surface area contributed by atoms with E-state index in [1.54, 1.807) is 18.5 Å². The molecule has 5 nitrogen and oxygen atoms in total. The van der Waals surface area contributed by atoms with Crippen molar-refractivity contribution in [2.75, 3.05) is 5.32 Å². The Morgan fingerprint density at radius 3 is 3.20 bits per heavy atom. The Bertz CT molecular complexity index is 422. The van der Waals surface area contributed by atoms with Crippen LogP contribution in [0.5, 0.6) is 0 Å². The maximum absolute atomic E-state index is 11.5. The summed E-state index contributed by atoms with van der Waals surface area (Å²) in [5.41, 5.74) is 1.62. The van der Waals surface area contributed by atoms with Crippen molar-refractivity contribution in [1.82, 2.24) is 10.3 Å². The quantitative estimate of drug-likeness (QED) is 0.619. The normalized spacial score (nSPS) is 18.9. The van der Waals surface area contributed by atoms with Crippen molar-refractivity contribution >= 4 is 25.2 Å². The highest BCUT2D eigenvalue weighted by Crippen LogP contribution is 2.20. The molecule has 1 unspecified atom stereocenters. The maximum Gasteiger partial charge on any atom is 0.247 e. The summed E-state index contributed by atoms with van der Waals surface area (Å²) in [6.07, 6.45) is 3.67. The largest absolute Gasteiger partial charge is 0.354 e. The molecule has 6 heteroatoms. The highest BCUT2D eigenvalue weighted by Gasteiger charge is 2.26. The van der Waals surface area contributed by atoms with Gasteiger partial charge in [-0.3, -0.25) is 14.6 Å². The standard InChI is InChI=1S/C9H8BN3O2/c10-9(15)13-7-3-5-4-11-2-1-6(5)12-8(7)14/h1-2,4,7H,3H2,(H,12,14)(H,13,15). The SMILES string of the molecule is [B]C(=O)NC1Cc2cnccc2NC1=O. The van der Waals surface area contributed by atoms with Crippen LogP contribution >= 0.6 is 0 Å². The number of nitrogens with one attached hydrogen (secondary N) is 2. The van der Waals surface area contributed by atoms with Gasteiger partial charge in [0, 0.05) is 24.5 Å². The molecular weight excluding hydrogens is 193 g/mol. The molecule has 15 heavy (non-hydrogen) atoms. The maximum atomic E-state index is 11.5. The second-order valence-corrected chi connectivity index (χ2v) is 3.29. The van der Waals surface area contributed by atoms with E-state index in [1.807, 2.05) is 0 Å². The van der Waals surface area contributed by atoms with Crippen LogP contribution in [0.15, 0.2) is 18.5 Å². The molecule has 2 N–H and O–H groups in total. The monoisotopic (exact) mass is 201 g/mol. The average Bonchev–Trinajstić information content (AvgIpc) is 2.18. The van der Waals surface area contributed by atoms with Crippen LogP contribution in [0.3, 0.4) is 0 Å². The van der Waals surface area contributed by atoms with E-state index in [0.717, 1.165) is 11.3 Å². The molecule has 1 aromatic rings. The Balaban J connectivity index is 2.22. The van der Waals surface area contributed by atoms with Gasteiger partial charge in [0.05, 0.1) is 0 Å². The van der Waals surface area contributed by atoms with Gasteiger partial charge in [-0.1, -0.05) is 0 Å². The van der Waals surface area contributed by atoms with Gasteiger partial charge in [-0.05, 0) is 11.6 Å². The van der Waals surface area contributed by atoms with Crippen LogP contribution in [0, 0.1) is 0 Å². The molecule has 0 aromatic carbocycles. The number of rotatable bonds is 1. The summed E-state index contributed by atoms with van der Waals surface area (Å²) in [7, 11) is 4.96. The zero-order valence-corrected chi connectivity index (χ0v) is 7.86. The van der Waals surface area contributed by atoms with Gasteiger partial charge in [0.1, 0.15) is 6.04 Å². The van der Waals surface area contributed by atoms with Crippen molar-refractivity contribution < 1.29 is 9.59 Å². The fourth-order valence-electron chi connectivity index (χ4n) is 1.53. The lowest BCUT2D eigenvalue weighted by Gasteiger charge is -2.24. The first-order chi connectivity index (χ1) is 7.16. The Morgan fingerprint density at radius 1 is 1.67 bits per heavy atom. The van der Waals surface area contributed by atoms with Crippen molar-refractivity contribution in [3.05, 3.63) is 24.0 Å². The second kappa shape index (κ2) is 3.72. The van der Waals surface area contributed by atoms with Gasteiger partial charge in [0.25, 0.3) is 0 Å². The van der Waals surface area contributed by atoms with Gasteiger partial charge in [-0.15, -0.1) is 0 Å². The van der Waals surface area contributed by atoms with E-state index >= 15 is 0 Å². The molecule has 1 aliphatic rings. The van der Waals surface area contributed by atoms with Crippen LogP contribution in [0.2, 0.25) is 0 Å². The highest BCUT2D eigenvalue weighted by atomic mass is 16.2. The van der Waals surface area contributed by atoms with E-state index in [4.69, 9.17) is 7.85 Å². The zero-order chi connectivity index (χ0) is 10.8. The van der Waals surface area contributed by atoms with Gasteiger partial charge in [0.2, 0.25) is 13.8 Å². The van der Waals surface area contributed by atoms with Gasteiger partial charge < -0.3 is 10.6 Å². The van der Waals surface area contributed by atoms with Gasteiger partial charge in [0.15, 0.2) is 5.81 Å². The molecule has 74 valence electrons. The van der Waals surface area contributed by atoms with Crippen LogP contribution in [-0.4, -0.2) is 30.6 Å². The summed E-state index contributed by atoms with van der Waals surface area (Å²) in [5, 5.41) is 5.04. The van der Waals surface area contributed by atoms with E-state index in [-0.39, 0.29) is 5.91 Å². The number of fused-ring (bicyclic) bond motifs is 1. The molecule has 2 amide bonds. The minimum atomic E-state index is -0.706. The summed E-state index contributed by atoms with van der Waals surface area (Å²) in [4.78, 5) is 26.1. The lowest BCUT2D eigenvalue weighted by Crippen LogP contribution is -2.47. The summed E-state index contributed by atoms with van der Waals surface area (Å²) >= 11 is 0. The molecule has 2 radical (unpaired) electrons. The Labute approximate surface area is 87.7 Å². The number of hydrogen-bond acceptors (Lipinski definition) is 3. The van der Waals surface area contributed by atoms with Crippen molar-refractivity contribution in [1.29, 1.82) is 0 Å². The third-order valence-corrected chi connectivity index (χ3v) is 2.22. The summed E-state index contributed by atoms with van der Waals surface area (Å²) in [5.74, 6) is -0.963. The number of amides is 2. The van der Waals surface area contributed by atoms with Crippen LogP contribution in [0.1, 0.15) is 5.56 Å². The van der Waals surface area contributed by atoms with Crippen LogP contribution in [-0.2, 0) is 11.2 Å². The van der Waals surface area contributed by atoms with Crippen LogP contribution < -0.4 is 10.6 Å². The molecule has 0 fully saturated rings. The highest BCUT2D eigenvalue weighted by molar-refractivity contribution is 6.57. The Morgan fingerprint density at radius 2 is 2.47 bits per heavy atom. The molecule has 0 saturated heterocycles. The number of carbonyl (C=O) groups is 2. The van der Waals surface area contributed by atoms with E-state index in [9.17, 15) is 9.59 Å². The average molecular weight is 201 g/mol. The first-order valence-electron chi connectivity index (χ1n) is 4.46. The lowest BCUT2D eigenvalue weighted by molar-refractivity contribution is -0.118. The number of carbonyl (C=O) groups excluding carboxylic acids is 2. The predicted molar refractivity (Wildman–Crippen MR) is 54.6 cm³/mol. The third kappa shape index (κ3) is 1.98. The second-order valence-electron chi connectivity index (χ2n) is 3.29. The number of anilines is 1. The smallest absolute Gasteiger partial charge is 0.247 e. The molecule has 0 bridgehead atoms. The first-order valence-corrected chi connectivity index (χ1v) is 4.46. The molecule has 2 heterocycles. The lowest BCUT2D eigenvalue weighted by atomic mass is 9.99. The minimum absolute atomic E-state index is 0.257. The minimum Gasteiger partial charge on any atom is -0.354 e. The number of pyridine rings is 1. The molecule has 1 aromatic heterocycles. The van der Waals surface area contributed by atoms with Crippen molar-refractivity contribution in [2.45, 2.75) is 12.5 Å². The molecule has 2 rings (SSSR count). The van der Waals surface area contributed by atoms with E-state index in [2.05, 4.69) is 15.6 Å². The molecular formula is C9H8BN3O2. The molecule has 1 aliphatic heterocycles. The predicted octanol–water partition coefficient (Wildman–Crippen LogP) is -0.177.